The summed E-state index contributed by atoms with van der Waals surface area (Å²) in [6.45, 7) is 2.76. The summed E-state index contributed by atoms with van der Waals surface area (Å²) in [7, 11) is 1.69. The predicted molar refractivity (Wildman–Crippen MR) is 69.3 cm³/mol. The summed E-state index contributed by atoms with van der Waals surface area (Å²) in [6.07, 6.45) is 1.77. The van der Waals surface area contributed by atoms with E-state index in [1.165, 1.54) is 5.56 Å². The maximum atomic E-state index is 5.35. The molecule has 2 aromatic rings. The van der Waals surface area contributed by atoms with Crippen LogP contribution in [0.15, 0.2) is 42.6 Å². The summed E-state index contributed by atoms with van der Waals surface area (Å²) >= 11 is 0. The molecule has 0 atom stereocenters. The molecule has 0 spiro atoms. The minimum atomic E-state index is 0.709. The van der Waals surface area contributed by atoms with E-state index >= 15 is 0 Å². The van der Waals surface area contributed by atoms with Crippen molar-refractivity contribution < 1.29 is 4.74 Å². The smallest absolute Gasteiger partial charge is 0.126 e. The van der Waals surface area contributed by atoms with E-state index in [1.807, 2.05) is 24.3 Å². The number of aryl methyl sites for hydroxylation is 1. The van der Waals surface area contributed by atoms with Crippen molar-refractivity contribution in [2.75, 3.05) is 12.4 Å². The SMILES string of the molecule is COc1cc(C)ccc1CNc1ccccn1. The standard InChI is InChI=1S/C14H16N2O/c1-11-6-7-12(13(9-11)17-2)10-16-14-5-3-4-8-15-14/h3-9H,10H2,1-2H3,(H,15,16). The molecule has 1 N–H and O–H groups in total. The predicted octanol–water partition coefficient (Wildman–Crippen LogP) is 3.01. The van der Waals surface area contributed by atoms with Gasteiger partial charge >= 0.3 is 0 Å². The van der Waals surface area contributed by atoms with Crippen LogP contribution < -0.4 is 10.1 Å². The Balaban J connectivity index is 2.09. The molecule has 17 heavy (non-hydrogen) atoms. The highest BCUT2D eigenvalue weighted by Gasteiger charge is 2.02. The van der Waals surface area contributed by atoms with Gasteiger partial charge in [0.25, 0.3) is 0 Å². The molecule has 0 aliphatic carbocycles. The Morgan fingerprint density at radius 3 is 2.82 bits per heavy atom. The number of nitrogens with zero attached hydrogens (tertiary/aromatic N) is 1. The zero-order chi connectivity index (χ0) is 12.1. The van der Waals surface area contributed by atoms with E-state index in [1.54, 1.807) is 13.3 Å². The second-order valence-electron chi connectivity index (χ2n) is 3.88. The number of hydrogen-bond acceptors (Lipinski definition) is 3. The lowest BCUT2D eigenvalue weighted by Crippen LogP contribution is -2.03. The number of hydrogen-bond donors (Lipinski definition) is 1. The van der Waals surface area contributed by atoms with Crippen LogP contribution in [0.2, 0.25) is 0 Å². The minimum Gasteiger partial charge on any atom is -0.496 e. The Morgan fingerprint density at radius 2 is 2.12 bits per heavy atom. The molecule has 0 saturated carbocycles. The van der Waals surface area contributed by atoms with Crippen molar-refractivity contribution in [2.24, 2.45) is 0 Å². The van der Waals surface area contributed by atoms with Crippen LogP contribution in [0.1, 0.15) is 11.1 Å². The number of aromatic nitrogens is 1. The molecule has 1 aromatic heterocycles. The summed E-state index contributed by atoms with van der Waals surface area (Å²) in [4.78, 5) is 4.21. The van der Waals surface area contributed by atoms with Crippen molar-refractivity contribution in [2.45, 2.75) is 13.5 Å². The Bertz CT molecular complexity index is 483. The third kappa shape index (κ3) is 2.97. The van der Waals surface area contributed by atoms with Crippen molar-refractivity contribution in [1.82, 2.24) is 4.98 Å². The molecule has 3 nitrogen and oxygen atoms in total. The van der Waals surface area contributed by atoms with Gasteiger partial charge in [-0.15, -0.1) is 0 Å². The van der Waals surface area contributed by atoms with Crippen LogP contribution in [0.25, 0.3) is 0 Å². The molecular formula is C14H16N2O. The molecule has 1 aromatic carbocycles. The highest BCUT2D eigenvalue weighted by atomic mass is 16.5. The lowest BCUT2D eigenvalue weighted by molar-refractivity contribution is 0.410. The van der Waals surface area contributed by atoms with Crippen LogP contribution in [0, 0.1) is 6.92 Å². The number of pyridine rings is 1. The Hall–Kier alpha value is -2.03. The average molecular weight is 228 g/mol. The van der Waals surface area contributed by atoms with E-state index in [0.29, 0.717) is 6.54 Å². The Kier molecular flexibility index (Phi) is 3.60. The third-order valence-corrected chi connectivity index (χ3v) is 2.57. The fourth-order valence-corrected chi connectivity index (χ4v) is 1.65. The van der Waals surface area contributed by atoms with Crippen LogP contribution in [-0.4, -0.2) is 12.1 Å². The van der Waals surface area contributed by atoms with Crippen LogP contribution in [-0.2, 0) is 6.54 Å². The van der Waals surface area contributed by atoms with Gasteiger partial charge in [0.15, 0.2) is 0 Å². The molecular weight excluding hydrogens is 212 g/mol. The Morgan fingerprint density at radius 1 is 1.24 bits per heavy atom. The van der Waals surface area contributed by atoms with E-state index in [2.05, 4.69) is 29.4 Å². The summed E-state index contributed by atoms with van der Waals surface area (Å²) < 4.78 is 5.35. The summed E-state index contributed by atoms with van der Waals surface area (Å²) in [5.41, 5.74) is 2.33. The summed E-state index contributed by atoms with van der Waals surface area (Å²) in [6, 6.07) is 12.0. The number of anilines is 1. The van der Waals surface area contributed by atoms with Crippen LogP contribution in [0.4, 0.5) is 5.82 Å². The number of rotatable bonds is 4. The highest BCUT2D eigenvalue weighted by Crippen LogP contribution is 2.20. The zero-order valence-electron chi connectivity index (χ0n) is 10.1. The van der Waals surface area contributed by atoms with Gasteiger partial charge in [-0.25, -0.2) is 4.98 Å². The maximum absolute atomic E-state index is 5.35. The van der Waals surface area contributed by atoms with Crippen LogP contribution >= 0.6 is 0 Å². The molecule has 0 amide bonds. The van der Waals surface area contributed by atoms with E-state index in [9.17, 15) is 0 Å². The molecule has 3 heteroatoms. The molecule has 0 radical (unpaired) electrons. The largest absolute Gasteiger partial charge is 0.496 e. The molecule has 0 aliphatic rings. The van der Waals surface area contributed by atoms with Gasteiger partial charge in [-0.3, -0.25) is 0 Å². The highest BCUT2D eigenvalue weighted by molar-refractivity contribution is 5.41. The number of methoxy groups -OCH3 is 1. The van der Waals surface area contributed by atoms with Crippen molar-refractivity contribution in [3.63, 3.8) is 0 Å². The third-order valence-electron chi connectivity index (χ3n) is 2.57. The van der Waals surface area contributed by atoms with E-state index in [0.717, 1.165) is 17.1 Å². The van der Waals surface area contributed by atoms with Crippen LogP contribution in [0.3, 0.4) is 0 Å². The van der Waals surface area contributed by atoms with Gasteiger partial charge in [0, 0.05) is 18.3 Å². The van der Waals surface area contributed by atoms with E-state index in [4.69, 9.17) is 4.74 Å². The minimum absolute atomic E-state index is 0.709. The van der Waals surface area contributed by atoms with Crippen molar-refractivity contribution in [3.8, 4) is 5.75 Å². The summed E-state index contributed by atoms with van der Waals surface area (Å²) in [5, 5.41) is 3.26. The van der Waals surface area contributed by atoms with E-state index < -0.39 is 0 Å². The first-order valence-electron chi connectivity index (χ1n) is 5.58. The topological polar surface area (TPSA) is 34.1 Å². The van der Waals surface area contributed by atoms with Gasteiger partial charge in [0.2, 0.25) is 0 Å². The molecule has 2 rings (SSSR count). The molecule has 88 valence electrons. The maximum Gasteiger partial charge on any atom is 0.126 e. The average Bonchev–Trinajstić information content (AvgIpc) is 2.38. The molecule has 0 unspecified atom stereocenters. The van der Waals surface area contributed by atoms with Gasteiger partial charge < -0.3 is 10.1 Å². The first-order chi connectivity index (χ1) is 8.29. The van der Waals surface area contributed by atoms with Crippen molar-refractivity contribution in [1.29, 1.82) is 0 Å². The van der Waals surface area contributed by atoms with Crippen molar-refractivity contribution >= 4 is 5.82 Å². The molecule has 0 fully saturated rings. The first kappa shape index (κ1) is 11.5. The Labute approximate surface area is 101 Å². The zero-order valence-corrected chi connectivity index (χ0v) is 10.1. The van der Waals surface area contributed by atoms with Gasteiger partial charge in [0.1, 0.15) is 11.6 Å². The number of benzene rings is 1. The quantitative estimate of drug-likeness (QED) is 0.873. The monoisotopic (exact) mass is 228 g/mol. The van der Waals surface area contributed by atoms with Gasteiger partial charge in [0.05, 0.1) is 7.11 Å². The van der Waals surface area contributed by atoms with Gasteiger partial charge in [-0.2, -0.15) is 0 Å². The lowest BCUT2D eigenvalue weighted by Gasteiger charge is -2.10. The molecule has 0 saturated heterocycles. The van der Waals surface area contributed by atoms with Gasteiger partial charge in [-0.1, -0.05) is 18.2 Å². The van der Waals surface area contributed by atoms with E-state index in [-0.39, 0.29) is 0 Å². The first-order valence-corrected chi connectivity index (χ1v) is 5.58. The lowest BCUT2D eigenvalue weighted by atomic mass is 10.1. The number of nitrogens with one attached hydrogen (secondary N) is 1. The normalized spacial score (nSPS) is 10.0. The van der Waals surface area contributed by atoms with Gasteiger partial charge in [-0.05, 0) is 30.7 Å². The molecule has 1 heterocycles. The second kappa shape index (κ2) is 5.34. The fraction of sp³-hybridized carbons (Fsp3) is 0.214. The van der Waals surface area contributed by atoms with Crippen LogP contribution in [0.5, 0.6) is 5.75 Å². The molecule has 0 aliphatic heterocycles. The second-order valence-corrected chi connectivity index (χ2v) is 3.88. The molecule has 0 bridgehead atoms. The summed E-state index contributed by atoms with van der Waals surface area (Å²) in [5.74, 6) is 1.78. The van der Waals surface area contributed by atoms with Crippen molar-refractivity contribution in [3.05, 3.63) is 53.7 Å². The number of ether oxygens (including phenoxy) is 1. The fourth-order valence-electron chi connectivity index (χ4n) is 1.65.